The van der Waals surface area contributed by atoms with Gasteiger partial charge in [-0.2, -0.15) is 0 Å². The largest absolute Gasteiger partial charge is 0.364 e. The predicted octanol–water partition coefficient (Wildman–Crippen LogP) is 1.91. The molecule has 0 aliphatic carbocycles. The highest BCUT2D eigenvalue weighted by Crippen LogP contribution is 2.29. The van der Waals surface area contributed by atoms with Gasteiger partial charge in [0.25, 0.3) is 5.91 Å². The van der Waals surface area contributed by atoms with Gasteiger partial charge in [-0.05, 0) is 35.9 Å². The Morgan fingerprint density at radius 3 is 2.32 bits per heavy atom. The second kappa shape index (κ2) is 7.32. The van der Waals surface area contributed by atoms with Crippen molar-refractivity contribution in [2.24, 2.45) is 5.73 Å². The van der Waals surface area contributed by atoms with Crippen molar-refractivity contribution in [1.82, 2.24) is 9.71 Å². The molecule has 0 saturated heterocycles. The highest BCUT2D eigenvalue weighted by Gasteiger charge is 2.27. The lowest BCUT2D eigenvalue weighted by Gasteiger charge is -2.08. The van der Waals surface area contributed by atoms with Crippen LogP contribution in [-0.2, 0) is 26.4 Å². The molecule has 0 unspecified atom stereocenters. The summed E-state index contributed by atoms with van der Waals surface area (Å²) in [5.74, 6) is -0.898. The van der Waals surface area contributed by atoms with Crippen molar-refractivity contribution in [3.63, 3.8) is 0 Å². The third kappa shape index (κ3) is 4.12. The molecule has 2 aromatic carbocycles. The number of carbonyl (C=O) groups is 1. The van der Waals surface area contributed by atoms with Crippen LogP contribution in [-0.4, -0.2) is 34.0 Å². The van der Waals surface area contributed by atoms with E-state index in [1.165, 1.54) is 24.3 Å². The summed E-state index contributed by atoms with van der Waals surface area (Å²) < 4.78 is 51.9. The van der Waals surface area contributed by atoms with E-state index in [9.17, 15) is 21.6 Å². The van der Waals surface area contributed by atoms with Gasteiger partial charge in [0, 0.05) is 28.2 Å². The molecule has 0 radical (unpaired) electrons. The lowest BCUT2D eigenvalue weighted by atomic mass is 10.2. The number of nitrogens with two attached hydrogens (primary N) is 1. The number of amides is 1. The molecule has 8 nitrogen and oxygen atoms in total. The molecule has 1 amide bonds. The van der Waals surface area contributed by atoms with Gasteiger partial charge in [-0.15, -0.1) is 0 Å². The van der Waals surface area contributed by atoms with Crippen molar-refractivity contribution in [3.8, 4) is 0 Å². The van der Waals surface area contributed by atoms with E-state index in [-0.39, 0.29) is 22.0 Å². The fourth-order valence-electron chi connectivity index (χ4n) is 2.70. The van der Waals surface area contributed by atoms with Crippen molar-refractivity contribution in [2.45, 2.75) is 16.3 Å². The van der Waals surface area contributed by atoms with Gasteiger partial charge in [0.15, 0.2) is 9.84 Å². The molecule has 0 aliphatic heterocycles. The maximum absolute atomic E-state index is 12.9. The summed E-state index contributed by atoms with van der Waals surface area (Å²) in [6.45, 7) is -0.0920. The molecule has 148 valence electrons. The minimum atomic E-state index is -4.09. The molecule has 0 aliphatic rings. The Bertz CT molecular complexity index is 1280. The highest BCUT2D eigenvalue weighted by molar-refractivity contribution is 9.10. The van der Waals surface area contributed by atoms with E-state index in [1.54, 1.807) is 18.2 Å². The van der Waals surface area contributed by atoms with Gasteiger partial charge in [0.2, 0.25) is 10.0 Å². The van der Waals surface area contributed by atoms with E-state index in [2.05, 4.69) is 25.6 Å². The Morgan fingerprint density at radius 1 is 1.11 bits per heavy atom. The van der Waals surface area contributed by atoms with E-state index in [0.717, 1.165) is 6.26 Å². The fourth-order valence-corrected chi connectivity index (χ4v) is 5.07. The number of benzene rings is 2. The molecule has 1 heterocycles. The number of primary amides is 1. The second-order valence-electron chi connectivity index (χ2n) is 6.12. The van der Waals surface area contributed by atoms with E-state index >= 15 is 0 Å². The van der Waals surface area contributed by atoms with Gasteiger partial charge < -0.3 is 10.7 Å². The zero-order valence-corrected chi connectivity index (χ0v) is 17.8. The van der Waals surface area contributed by atoms with Crippen LogP contribution in [0.4, 0.5) is 0 Å². The average Bonchev–Trinajstić information content (AvgIpc) is 2.99. The zero-order valence-electron chi connectivity index (χ0n) is 14.6. The molecule has 0 bridgehead atoms. The molecule has 1 aromatic heterocycles. The Morgan fingerprint density at radius 2 is 1.75 bits per heavy atom. The first-order valence-electron chi connectivity index (χ1n) is 7.89. The molecule has 0 fully saturated rings. The Kier molecular flexibility index (Phi) is 5.36. The topological polar surface area (TPSA) is 139 Å². The maximum atomic E-state index is 12.9. The summed E-state index contributed by atoms with van der Waals surface area (Å²) in [5, 5.41) is 0.322. The lowest BCUT2D eigenvalue weighted by molar-refractivity contribution is 0.0993. The van der Waals surface area contributed by atoms with Gasteiger partial charge in [0.05, 0.1) is 4.90 Å². The van der Waals surface area contributed by atoms with E-state index in [1.807, 2.05) is 0 Å². The van der Waals surface area contributed by atoms with Crippen molar-refractivity contribution >= 4 is 52.6 Å². The van der Waals surface area contributed by atoms with Crippen LogP contribution in [0.15, 0.2) is 56.7 Å². The second-order valence-corrected chi connectivity index (χ2v) is 10.8. The number of sulfone groups is 1. The number of halogens is 1. The van der Waals surface area contributed by atoms with E-state index in [4.69, 9.17) is 5.73 Å². The quantitative estimate of drug-likeness (QED) is 0.489. The summed E-state index contributed by atoms with van der Waals surface area (Å²) in [5.41, 5.74) is 6.14. The van der Waals surface area contributed by atoms with Gasteiger partial charge in [-0.25, -0.2) is 21.6 Å². The molecule has 3 rings (SSSR count). The Balaban J connectivity index is 1.96. The van der Waals surface area contributed by atoms with Crippen LogP contribution >= 0.6 is 15.9 Å². The van der Waals surface area contributed by atoms with Crippen LogP contribution in [0, 0.1) is 0 Å². The molecule has 0 spiro atoms. The third-order valence-corrected chi connectivity index (χ3v) is 7.15. The number of hydrogen-bond acceptors (Lipinski definition) is 5. The smallest absolute Gasteiger partial charge is 0.266 e. The molecule has 0 atom stereocenters. The first kappa shape index (κ1) is 20.5. The molecule has 4 N–H and O–H groups in total. The number of hydrogen-bond donors (Lipinski definition) is 3. The number of rotatable bonds is 6. The molecule has 3 aromatic rings. The molecule has 28 heavy (non-hydrogen) atoms. The average molecular weight is 486 g/mol. The van der Waals surface area contributed by atoms with Gasteiger partial charge in [0.1, 0.15) is 10.6 Å². The lowest BCUT2D eigenvalue weighted by Crippen LogP contribution is -2.26. The fraction of sp³-hybridized carbons (Fsp3) is 0.118. The van der Waals surface area contributed by atoms with Crippen molar-refractivity contribution in [3.05, 3.63) is 58.2 Å². The van der Waals surface area contributed by atoms with Gasteiger partial charge in [-0.3, -0.25) is 4.79 Å². The summed E-state index contributed by atoms with van der Waals surface area (Å²) in [6, 6.07) is 10.7. The highest BCUT2D eigenvalue weighted by atomic mass is 79.9. The minimum absolute atomic E-state index is 0.0920. The normalized spacial score (nSPS) is 12.4. The number of nitrogens with one attached hydrogen (secondary N) is 2. The van der Waals surface area contributed by atoms with Crippen LogP contribution in [0.5, 0.6) is 0 Å². The van der Waals surface area contributed by atoms with Crippen LogP contribution in [0.25, 0.3) is 10.9 Å². The SMILES string of the molecule is CS(=O)(=O)c1ccc(CNS(=O)(=O)c2c(C(N)=O)[nH]c3ccc(Br)cc23)cc1. The van der Waals surface area contributed by atoms with Crippen LogP contribution < -0.4 is 10.5 Å². The number of aromatic amines is 1. The van der Waals surface area contributed by atoms with Crippen molar-refractivity contribution in [2.75, 3.05) is 6.26 Å². The first-order valence-corrected chi connectivity index (χ1v) is 12.1. The summed E-state index contributed by atoms with van der Waals surface area (Å²) >= 11 is 3.28. The summed E-state index contributed by atoms with van der Waals surface area (Å²) in [6.07, 6.45) is 1.09. The van der Waals surface area contributed by atoms with E-state index in [0.29, 0.717) is 20.9 Å². The number of sulfonamides is 1. The molecular weight excluding hydrogens is 470 g/mol. The maximum Gasteiger partial charge on any atom is 0.266 e. The van der Waals surface area contributed by atoms with Crippen molar-refractivity contribution < 1.29 is 21.6 Å². The van der Waals surface area contributed by atoms with Crippen LogP contribution in [0.3, 0.4) is 0 Å². The standard InChI is InChI=1S/C17H16BrN3O5S2/c1-27(23,24)12-5-2-10(3-6-12)9-20-28(25,26)16-13-8-11(18)4-7-14(13)21-15(16)17(19)22/h2-8,20-21H,9H2,1H3,(H2,19,22). The predicted molar refractivity (Wildman–Crippen MR) is 108 cm³/mol. The zero-order chi connectivity index (χ0) is 20.7. The van der Waals surface area contributed by atoms with Gasteiger partial charge >= 0.3 is 0 Å². The molecule has 11 heteroatoms. The number of carbonyl (C=O) groups excluding carboxylic acids is 1. The number of H-pyrrole nitrogens is 1. The monoisotopic (exact) mass is 485 g/mol. The minimum Gasteiger partial charge on any atom is -0.364 e. The van der Waals surface area contributed by atoms with Crippen LogP contribution in [0.1, 0.15) is 16.1 Å². The Labute approximate surface area is 170 Å². The van der Waals surface area contributed by atoms with Crippen LogP contribution in [0.2, 0.25) is 0 Å². The third-order valence-electron chi connectivity index (χ3n) is 4.05. The van der Waals surface area contributed by atoms with Gasteiger partial charge in [-0.1, -0.05) is 28.1 Å². The molecule has 0 saturated carbocycles. The number of fused-ring (bicyclic) bond motifs is 1. The molecular formula is C17H16BrN3O5S2. The van der Waals surface area contributed by atoms with Crippen molar-refractivity contribution in [1.29, 1.82) is 0 Å². The number of aromatic nitrogens is 1. The first-order chi connectivity index (χ1) is 13.0. The summed E-state index contributed by atoms with van der Waals surface area (Å²) in [4.78, 5) is 14.4. The van der Waals surface area contributed by atoms with E-state index < -0.39 is 25.8 Å². The Hall–Kier alpha value is -2.21. The summed E-state index contributed by atoms with van der Waals surface area (Å²) in [7, 11) is -7.43.